The van der Waals surface area contributed by atoms with Crippen LogP contribution in [0, 0.1) is 0 Å². The average Bonchev–Trinajstić information content (AvgIpc) is 2.22. The molecule has 1 nitrogen and oxygen atoms in total. The van der Waals surface area contributed by atoms with Gasteiger partial charge in [0.15, 0.2) is 0 Å². The van der Waals surface area contributed by atoms with E-state index in [-0.39, 0.29) is 0 Å². The highest BCUT2D eigenvalue weighted by Crippen LogP contribution is 2.19. The lowest BCUT2D eigenvalue weighted by Crippen LogP contribution is -2.19. The van der Waals surface area contributed by atoms with Gasteiger partial charge in [0.1, 0.15) is 0 Å². The van der Waals surface area contributed by atoms with Crippen LogP contribution in [0.25, 0.3) is 0 Å². The molecule has 1 fully saturated rings. The fourth-order valence-corrected chi connectivity index (χ4v) is 1.37. The van der Waals surface area contributed by atoms with Crippen LogP contribution >= 0.6 is 0 Å². The lowest BCUT2D eigenvalue weighted by molar-refractivity contribution is 0.716. The van der Waals surface area contributed by atoms with Crippen molar-refractivity contribution >= 4 is 0 Å². The van der Waals surface area contributed by atoms with Crippen LogP contribution in [-0.4, -0.2) is 12.1 Å². The van der Waals surface area contributed by atoms with E-state index in [0.717, 1.165) is 12.1 Å². The van der Waals surface area contributed by atoms with Gasteiger partial charge in [-0.15, -0.1) is 0 Å². The van der Waals surface area contributed by atoms with E-state index in [1.807, 2.05) is 0 Å². The Morgan fingerprint density at radius 3 is 1.86 bits per heavy atom. The molecule has 0 saturated carbocycles. The van der Waals surface area contributed by atoms with E-state index in [0.29, 0.717) is 0 Å². The third-order valence-corrected chi connectivity index (χ3v) is 1.79. The van der Waals surface area contributed by atoms with Crippen LogP contribution in [0.3, 0.4) is 0 Å². The van der Waals surface area contributed by atoms with Crippen molar-refractivity contribution in [2.45, 2.75) is 24.9 Å². The lowest BCUT2D eigenvalue weighted by Gasteiger charge is -1.94. The Kier molecular flexibility index (Phi) is 0.577. The van der Waals surface area contributed by atoms with Crippen LogP contribution in [0.4, 0.5) is 0 Å². The van der Waals surface area contributed by atoms with E-state index in [4.69, 9.17) is 0 Å². The maximum absolute atomic E-state index is 3.42. The summed E-state index contributed by atoms with van der Waals surface area (Å²) in [6.07, 6.45) is 7.27. The summed E-state index contributed by atoms with van der Waals surface area (Å²) in [4.78, 5) is 0. The van der Waals surface area contributed by atoms with Crippen LogP contribution < -0.4 is 5.32 Å². The third-order valence-electron chi connectivity index (χ3n) is 1.79. The summed E-state index contributed by atoms with van der Waals surface area (Å²) in [7, 11) is 0. The first-order valence-electron chi connectivity index (χ1n) is 2.89. The van der Waals surface area contributed by atoms with Crippen molar-refractivity contribution in [3.63, 3.8) is 0 Å². The van der Waals surface area contributed by atoms with E-state index < -0.39 is 0 Å². The number of hydrogen-bond donors (Lipinski definition) is 1. The minimum atomic E-state index is 0.741. The van der Waals surface area contributed by atoms with E-state index in [9.17, 15) is 0 Å². The first kappa shape index (κ1) is 3.67. The summed E-state index contributed by atoms with van der Waals surface area (Å²) in [5.41, 5.74) is 0. The van der Waals surface area contributed by atoms with Gasteiger partial charge in [0.05, 0.1) is 0 Å². The molecule has 2 aliphatic rings. The van der Waals surface area contributed by atoms with E-state index in [1.165, 1.54) is 12.8 Å². The molecule has 0 aromatic carbocycles. The average molecular weight is 95.1 g/mol. The highest BCUT2D eigenvalue weighted by molar-refractivity contribution is 5.13. The van der Waals surface area contributed by atoms with Gasteiger partial charge in [0.25, 0.3) is 0 Å². The van der Waals surface area contributed by atoms with Crippen LogP contribution in [0.2, 0.25) is 0 Å². The van der Waals surface area contributed by atoms with E-state index in [1.54, 1.807) is 0 Å². The Hall–Kier alpha value is -0.300. The Bertz CT molecular complexity index is 94.7. The van der Waals surface area contributed by atoms with Crippen molar-refractivity contribution in [3.05, 3.63) is 12.2 Å². The van der Waals surface area contributed by atoms with Crippen molar-refractivity contribution in [1.29, 1.82) is 0 Å². The zero-order chi connectivity index (χ0) is 4.69. The van der Waals surface area contributed by atoms with Crippen molar-refractivity contribution < 1.29 is 0 Å². The van der Waals surface area contributed by atoms with Crippen molar-refractivity contribution in [3.8, 4) is 0 Å². The highest BCUT2D eigenvalue weighted by Gasteiger charge is 2.24. The second kappa shape index (κ2) is 1.10. The Morgan fingerprint density at radius 2 is 1.71 bits per heavy atom. The summed E-state index contributed by atoms with van der Waals surface area (Å²) in [6.45, 7) is 0. The smallest absolute Gasteiger partial charge is 0.0256 e. The Labute approximate surface area is 43.4 Å². The van der Waals surface area contributed by atoms with Crippen LogP contribution in [0.5, 0.6) is 0 Å². The van der Waals surface area contributed by atoms with Crippen molar-refractivity contribution in [2.24, 2.45) is 0 Å². The van der Waals surface area contributed by atoms with E-state index >= 15 is 0 Å². The van der Waals surface area contributed by atoms with Gasteiger partial charge in [-0.05, 0) is 12.8 Å². The lowest BCUT2D eigenvalue weighted by atomic mass is 10.1. The zero-order valence-electron chi connectivity index (χ0n) is 4.22. The number of nitrogens with one attached hydrogen (secondary N) is 1. The normalized spacial score (nSPS) is 45.7. The topological polar surface area (TPSA) is 12.0 Å². The molecule has 0 spiro atoms. The van der Waals surface area contributed by atoms with Crippen molar-refractivity contribution in [1.82, 2.24) is 5.32 Å². The first-order valence-corrected chi connectivity index (χ1v) is 2.89. The molecule has 7 heavy (non-hydrogen) atoms. The molecule has 38 valence electrons. The molecule has 1 N–H and O–H groups in total. The Morgan fingerprint density at radius 1 is 1.14 bits per heavy atom. The second-order valence-corrected chi connectivity index (χ2v) is 2.34. The molecule has 0 aliphatic carbocycles. The van der Waals surface area contributed by atoms with Gasteiger partial charge in [-0.25, -0.2) is 0 Å². The molecule has 0 amide bonds. The van der Waals surface area contributed by atoms with Gasteiger partial charge in [-0.1, -0.05) is 12.2 Å². The predicted molar refractivity (Wildman–Crippen MR) is 29.1 cm³/mol. The molecular weight excluding hydrogens is 86.1 g/mol. The third kappa shape index (κ3) is 0.416. The first-order chi connectivity index (χ1) is 3.45. The van der Waals surface area contributed by atoms with Gasteiger partial charge in [0.2, 0.25) is 0 Å². The molecule has 1 saturated heterocycles. The predicted octanol–water partition coefficient (Wildman–Crippen LogP) is 0.677. The van der Waals surface area contributed by atoms with Gasteiger partial charge in [0, 0.05) is 12.1 Å². The second-order valence-electron chi connectivity index (χ2n) is 2.34. The van der Waals surface area contributed by atoms with Gasteiger partial charge < -0.3 is 5.32 Å². The standard InChI is InChI=1S/C6H9N/c1-2-6-4-3-5(1)7-6/h1-2,5-7H,3-4H2. The minimum Gasteiger partial charge on any atom is -0.304 e. The largest absolute Gasteiger partial charge is 0.304 e. The summed E-state index contributed by atoms with van der Waals surface area (Å²) in [6, 6.07) is 1.48. The quantitative estimate of drug-likeness (QED) is 0.436. The molecule has 2 heterocycles. The maximum atomic E-state index is 3.42. The molecular formula is C6H9N. The molecule has 2 rings (SSSR count). The fourth-order valence-electron chi connectivity index (χ4n) is 1.37. The number of rotatable bonds is 0. The molecule has 2 aliphatic heterocycles. The number of hydrogen-bond acceptors (Lipinski definition) is 1. The molecule has 2 bridgehead atoms. The zero-order valence-corrected chi connectivity index (χ0v) is 4.22. The summed E-state index contributed by atoms with van der Waals surface area (Å²) < 4.78 is 0. The molecule has 2 atom stereocenters. The fraction of sp³-hybridized carbons (Fsp3) is 0.667. The SMILES string of the molecule is C1=CC2CCC1N2. The van der Waals surface area contributed by atoms with Gasteiger partial charge in [-0.2, -0.15) is 0 Å². The summed E-state index contributed by atoms with van der Waals surface area (Å²) in [5.74, 6) is 0. The van der Waals surface area contributed by atoms with Crippen molar-refractivity contribution in [2.75, 3.05) is 0 Å². The van der Waals surface area contributed by atoms with Gasteiger partial charge >= 0.3 is 0 Å². The minimum absolute atomic E-state index is 0.741. The van der Waals surface area contributed by atoms with E-state index in [2.05, 4.69) is 17.5 Å². The van der Waals surface area contributed by atoms with Crippen LogP contribution in [0.15, 0.2) is 12.2 Å². The molecule has 0 radical (unpaired) electrons. The number of fused-ring (bicyclic) bond motifs is 2. The highest BCUT2D eigenvalue weighted by atomic mass is 15.0. The Balaban J connectivity index is 2.27. The summed E-state index contributed by atoms with van der Waals surface area (Å²) in [5, 5.41) is 3.42. The molecule has 1 heteroatoms. The molecule has 0 aromatic rings. The monoisotopic (exact) mass is 95.1 g/mol. The van der Waals surface area contributed by atoms with Crippen LogP contribution in [0.1, 0.15) is 12.8 Å². The summed E-state index contributed by atoms with van der Waals surface area (Å²) >= 11 is 0. The maximum Gasteiger partial charge on any atom is 0.0256 e. The molecule has 0 aromatic heterocycles. The van der Waals surface area contributed by atoms with Gasteiger partial charge in [-0.3, -0.25) is 0 Å². The van der Waals surface area contributed by atoms with Crippen LogP contribution in [-0.2, 0) is 0 Å². The molecule has 2 unspecified atom stereocenters.